The largest absolute Gasteiger partial charge is 0.353 e. The standard InChI is InChI=1S/C10H20N2O/c1-4-11-7-6-10(13)12-8-5-9(2)3/h5,11H,4,6-8H2,1-3H3,(H,12,13). The summed E-state index contributed by atoms with van der Waals surface area (Å²) in [6.45, 7) is 8.39. The number of amides is 1. The summed E-state index contributed by atoms with van der Waals surface area (Å²) >= 11 is 0. The summed E-state index contributed by atoms with van der Waals surface area (Å²) in [5.41, 5.74) is 1.23. The third-order valence-corrected chi connectivity index (χ3v) is 1.59. The predicted octanol–water partition coefficient (Wildman–Crippen LogP) is 1.07. The lowest BCUT2D eigenvalue weighted by molar-refractivity contribution is -0.120. The van der Waals surface area contributed by atoms with E-state index in [2.05, 4.69) is 10.6 Å². The van der Waals surface area contributed by atoms with Crippen molar-refractivity contribution in [2.75, 3.05) is 19.6 Å². The zero-order valence-electron chi connectivity index (χ0n) is 8.81. The lowest BCUT2D eigenvalue weighted by atomic mass is 10.3. The fourth-order valence-electron chi connectivity index (χ4n) is 0.836. The Morgan fingerprint density at radius 2 is 2.08 bits per heavy atom. The second-order valence-corrected chi connectivity index (χ2v) is 3.19. The molecule has 76 valence electrons. The maximum atomic E-state index is 11.1. The van der Waals surface area contributed by atoms with Crippen molar-refractivity contribution >= 4 is 5.91 Å². The minimum absolute atomic E-state index is 0.110. The van der Waals surface area contributed by atoms with E-state index in [0.29, 0.717) is 13.0 Å². The zero-order chi connectivity index (χ0) is 10.1. The van der Waals surface area contributed by atoms with Gasteiger partial charge in [-0.2, -0.15) is 0 Å². The van der Waals surface area contributed by atoms with Gasteiger partial charge < -0.3 is 10.6 Å². The van der Waals surface area contributed by atoms with Crippen LogP contribution in [-0.4, -0.2) is 25.5 Å². The highest BCUT2D eigenvalue weighted by Crippen LogP contribution is 1.85. The van der Waals surface area contributed by atoms with Crippen LogP contribution in [-0.2, 0) is 4.79 Å². The van der Waals surface area contributed by atoms with Crippen molar-refractivity contribution < 1.29 is 4.79 Å². The highest BCUT2D eigenvalue weighted by molar-refractivity contribution is 5.76. The molecule has 0 saturated heterocycles. The van der Waals surface area contributed by atoms with Crippen molar-refractivity contribution in [1.29, 1.82) is 0 Å². The van der Waals surface area contributed by atoms with Gasteiger partial charge in [-0.05, 0) is 20.4 Å². The van der Waals surface area contributed by atoms with E-state index in [9.17, 15) is 4.79 Å². The first-order valence-corrected chi connectivity index (χ1v) is 4.77. The SMILES string of the molecule is CCNCCC(=O)NCC=C(C)C. The third-order valence-electron chi connectivity index (χ3n) is 1.59. The molecule has 0 rings (SSSR count). The molecular formula is C10H20N2O. The molecule has 0 aromatic rings. The Hall–Kier alpha value is -0.830. The summed E-state index contributed by atoms with van der Waals surface area (Å²) in [6, 6.07) is 0. The lowest BCUT2D eigenvalue weighted by Gasteiger charge is -2.02. The molecule has 0 bridgehead atoms. The molecule has 3 nitrogen and oxygen atoms in total. The summed E-state index contributed by atoms with van der Waals surface area (Å²) in [5.74, 6) is 0.110. The second kappa shape index (κ2) is 7.80. The Kier molecular flexibility index (Phi) is 7.30. The molecule has 0 aliphatic heterocycles. The molecule has 0 aliphatic carbocycles. The van der Waals surface area contributed by atoms with E-state index in [1.54, 1.807) is 0 Å². The first-order chi connectivity index (χ1) is 6.16. The maximum Gasteiger partial charge on any atom is 0.221 e. The number of rotatable bonds is 6. The molecule has 0 aromatic heterocycles. The van der Waals surface area contributed by atoms with Crippen LogP contribution in [0.3, 0.4) is 0 Å². The van der Waals surface area contributed by atoms with Gasteiger partial charge in [0.1, 0.15) is 0 Å². The van der Waals surface area contributed by atoms with Gasteiger partial charge >= 0.3 is 0 Å². The van der Waals surface area contributed by atoms with Crippen LogP contribution in [0.15, 0.2) is 11.6 Å². The summed E-state index contributed by atoms with van der Waals surface area (Å²) in [4.78, 5) is 11.1. The predicted molar refractivity (Wildman–Crippen MR) is 55.6 cm³/mol. The van der Waals surface area contributed by atoms with Gasteiger partial charge in [-0.3, -0.25) is 4.79 Å². The number of hydrogen-bond donors (Lipinski definition) is 2. The number of carbonyl (C=O) groups excluding carboxylic acids is 1. The summed E-state index contributed by atoms with van der Waals surface area (Å²) in [6.07, 6.45) is 2.57. The van der Waals surface area contributed by atoms with Crippen molar-refractivity contribution in [2.24, 2.45) is 0 Å². The average Bonchev–Trinajstić information content (AvgIpc) is 2.04. The monoisotopic (exact) mass is 184 g/mol. The Balaban J connectivity index is 3.36. The number of carbonyl (C=O) groups is 1. The molecule has 0 aromatic carbocycles. The average molecular weight is 184 g/mol. The van der Waals surface area contributed by atoms with E-state index >= 15 is 0 Å². The molecule has 0 atom stereocenters. The molecule has 1 amide bonds. The quantitative estimate of drug-likeness (QED) is 0.479. The fourth-order valence-corrected chi connectivity index (χ4v) is 0.836. The van der Waals surface area contributed by atoms with Gasteiger partial charge in [0.2, 0.25) is 5.91 Å². The number of allylic oxidation sites excluding steroid dienone is 1. The van der Waals surface area contributed by atoms with Gasteiger partial charge in [0.15, 0.2) is 0 Å². The molecule has 0 saturated carbocycles. The minimum atomic E-state index is 0.110. The highest BCUT2D eigenvalue weighted by atomic mass is 16.1. The Labute approximate surface area is 80.6 Å². The van der Waals surface area contributed by atoms with Crippen molar-refractivity contribution in [3.8, 4) is 0 Å². The number of hydrogen-bond acceptors (Lipinski definition) is 2. The third kappa shape index (κ3) is 9.08. The van der Waals surface area contributed by atoms with Crippen LogP contribution in [0.2, 0.25) is 0 Å². The van der Waals surface area contributed by atoms with Crippen molar-refractivity contribution in [2.45, 2.75) is 27.2 Å². The van der Waals surface area contributed by atoms with Gasteiger partial charge in [0, 0.05) is 19.5 Å². The number of nitrogens with one attached hydrogen (secondary N) is 2. The summed E-state index contributed by atoms with van der Waals surface area (Å²) < 4.78 is 0. The van der Waals surface area contributed by atoms with E-state index in [0.717, 1.165) is 13.1 Å². The van der Waals surface area contributed by atoms with Gasteiger partial charge in [0.25, 0.3) is 0 Å². The van der Waals surface area contributed by atoms with Gasteiger partial charge in [-0.25, -0.2) is 0 Å². The van der Waals surface area contributed by atoms with Crippen LogP contribution in [0.5, 0.6) is 0 Å². The van der Waals surface area contributed by atoms with Crippen LogP contribution in [0.1, 0.15) is 27.2 Å². The first kappa shape index (κ1) is 12.2. The van der Waals surface area contributed by atoms with Gasteiger partial charge in [-0.15, -0.1) is 0 Å². The van der Waals surface area contributed by atoms with Gasteiger partial charge in [-0.1, -0.05) is 18.6 Å². The lowest BCUT2D eigenvalue weighted by Crippen LogP contribution is -2.27. The Morgan fingerprint density at radius 1 is 1.38 bits per heavy atom. The van der Waals surface area contributed by atoms with E-state index in [1.807, 2.05) is 26.8 Å². The fraction of sp³-hybridized carbons (Fsp3) is 0.700. The smallest absolute Gasteiger partial charge is 0.221 e. The summed E-state index contributed by atoms with van der Waals surface area (Å²) in [7, 11) is 0. The molecule has 0 spiro atoms. The van der Waals surface area contributed by atoms with Crippen molar-refractivity contribution in [1.82, 2.24) is 10.6 Å². The molecule has 3 heteroatoms. The molecule has 2 N–H and O–H groups in total. The van der Waals surface area contributed by atoms with E-state index in [1.165, 1.54) is 5.57 Å². The zero-order valence-corrected chi connectivity index (χ0v) is 8.81. The van der Waals surface area contributed by atoms with E-state index in [-0.39, 0.29) is 5.91 Å². The first-order valence-electron chi connectivity index (χ1n) is 4.77. The molecule has 0 heterocycles. The van der Waals surface area contributed by atoms with Crippen LogP contribution in [0.4, 0.5) is 0 Å². The Bertz CT molecular complexity index is 172. The van der Waals surface area contributed by atoms with Crippen LogP contribution < -0.4 is 10.6 Å². The minimum Gasteiger partial charge on any atom is -0.353 e. The topological polar surface area (TPSA) is 41.1 Å². The van der Waals surface area contributed by atoms with Crippen molar-refractivity contribution in [3.05, 3.63) is 11.6 Å². The molecule has 0 unspecified atom stereocenters. The van der Waals surface area contributed by atoms with E-state index < -0.39 is 0 Å². The van der Waals surface area contributed by atoms with Crippen LogP contribution in [0, 0.1) is 0 Å². The molecule has 13 heavy (non-hydrogen) atoms. The molecule has 0 aliphatic rings. The van der Waals surface area contributed by atoms with Crippen molar-refractivity contribution in [3.63, 3.8) is 0 Å². The normalized spacial score (nSPS) is 9.46. The van der Waals surface area contributed by atoms with Crippen LogP contribution >= 0.6 is 0 Å². The van der Waals surface area contributed by atoms with Gasteiger partial charge in [0.05, 0.1) is 0 Å². The molecule has 0 fully saturated rings. The summed E-state index contributed by atoms with van der Waals surface area (Å²) in [5, 5.41) is 5.92. The van der Waals surface area contributed by atoms with Crippen LogP contribution in [0.25, 0.3) is 0 Å². The Morgan fingerprint density at radius 3 is 2.62 bits per heavy atom. The molecule has 0 radical (unpaired) electrons. The second-order valence-electron chi connectivity index (χ2n) is 3.19. The van der Waals surface area contributed by atoms with E-state index in [4.69, 9.17) is 0 Å². The highest BCUT2D eigenvalue weighted by Gasteiger charge is 1.96. The maximum absolute atomic E-state index is 11.1. The molecular weight excluding hydrogens is 164 g/mol.